The van der Waals surface area contributed by atoms with E-state index in [1.54, 1.807) is 4.88 Å². The van der Waals surface area contributed by atoms with Crippen molar-refractivity contribution < 1.29 is 0 Å². The summed E-state index contributed by atoms with van der Waals surface area (Å²) in [7, 11) is 0. The van der Waals surface area contributed by atoms with Crippen molar-refractivity contribution >= 4 is 33.8 Å². The fraction of sp³-hybridized carbons (Fsp3) is 0.385. The molecule has 0 bridgehead atoms. The summed E-state index contributed by atoms with van der Waals surface area (Å²) < 4.78 is 1.44. The number of hydrogen-bond donors (Lipinski definition) is 1. The number of thiophene rings is 1. The maximum Gasteiger partial charge on any atom is 0.0345 e. The molecule has 1 nitrogen and oxygen atoms in total. The summed E-state index contributed by atoms with van der Waals surface area (Å²) in [6.07, 6.45) is 1.41. The molecule has 3 heteroatoms. The number of benzene rings is 1. The van der Waals surface area contributed by atoms with Crippen LogP contribution in [0.25, 0.3) is 10.1 Å². The lowest BCUT2D eigenvalue weighted by Gasteiger charge is -2.07. The molecule has 1 aromatic carbocycles. The first-order valence-corrected chi connectivity index (χ1v) is 6.40. The van der Waals surface area contributed by atoms with Gasteiger partial charge in [0, 0.05) is 21.5 Å². The zero-order valence-electron chi connectivity index (χ0n) is 8.90. The topological polar surface area (TPSA) is 12.0 Å². The van der Waals surface area contributed by atoms with Gasteiger partial charge in [0.2, 0.25) is 0 Å². The average Bonchev–Trinajstić information content (AvgIpc) is 2.68. The van der Waals surface area contributed by atoms with E-state index in [1.807, 2.05) is 11.3 Å². The second-order valence-electron chi connectivity index (χ2n) is 4.84. The summed E-state index contributed by atoms with van der Waals surface area (Å²) in [5.41, 5.74) is 0.531. The fourth-order valence-corrected chi connectivity index (χ4v) is 4.29. The number of rotatable bonds is 1. The van der Waals surface area contributed by atoms with Gasteiger partial charge in [-0.05, 0) is 36.4 Å². The van der Waals surface area contributed by atoms with Crippen molar-refractivity contribution in [2.75, 3.05) is 13.1 Å². The van der Waals surface area contributed by atoms with Crippen LogP contribution in [0.3, 0.4) is 0 Å². The molecule has 2 heterocycles. The Morgan fingerprint density at radius 1 is 1.31 bits per heavy atom. The Balaban J connectivity index is 0.000000810. The number of nitrogens with one attached hydrogen (secondary N) is 1. The van der Waals surface area contributed by atoms with Crippen LogP contribution in [-0.2, 0) is 5.41 Å². The zero-order valence-corrected chi connectivity index (χ0v) is 10.5. The standard InChI is InChI=1S/C13H13NS.ClH/c1-2-4-11-9(3-1)5-12(15-11)13-6-10(13)7-14-8-13;/h1-5,10,14H,6-8H2;1H. The Kier molecular flexibility index (Phi) is 2.29. The van der Waals surface area contributed by atoms with Crippen LogP contribution in [0, 0.1) is 5.92 Å². The third-order valence-corrected chi connectivity index (χ3v) is 5.32. The van der Waals surface area contributed by atoms with Crippen molar-refractivity contribution in [2.24, 2.45) is 5.92 Å². The van der Waals surface area contributed by atoms with Crippen LogP contribution >= 0.6 is 23.7 Å². The predicted octanol–water partition coefficient (Wildman–Crippen LogP) is 3.18. The van der Waals surface area contributed by atoms with Crippen molar-refractivity contribution in [2.45, 2.75) is 11.8 Å². The summed E-state index contributed by atoms with van der Waals surface area (Å²) in [5, 5.41) is 4.93. The SMILES string of the molecule is Cl.c1ccc2sc(C34CNCC3C4)cc2c1. The van der Waals surface area contributed by atoms with Crippen LogP contribution in [0.15, 0.2) is 30.3 Å². The Labute approximate surface area is 105 Å². The highest BCUT2D eigenvalue weighted by Gasteiger charge is 2.58. The van der Waals surface area contributed by atoms with E-state index in [-0.39, 0.29) is 12.4 Å². The molecule has 2 aliphatic rings. The average molecular weight is 252 g/mol. The van der Waals surface area contributed by atoms with E-state index < -0.39 is 0 Å². The minimum Gasteiger partial charge on any atom is -0.315 e. The van der Waals surface area contributed by atoms with Crippen LogP contribution in [0.4, 0.5) is 0 Å². The summed E-state index contributed by atoms with van der Waals surface area (Å²) in [6.45, 7) is 2.43. The van der Waals surface area contributed by atoms with Crippen molar-refractivity contribution in [3.63, 3.8) is 0 Å². The number of piperidine rings is 1. The maximum atomic E-state index is 3.51. The predicted molar refractivity (Wildman–Crippen MR) is 71.7 cm³/mol. The van der Waals surface area contributed by atoms with Gasteiger partial charge in [0.25, 0.3) is 0 Å². The van der Waals surface area contributed by atoms with Crippen LogP contribution in [0.1, 0.15) is 11.3 Å². The van der Waals surface area contributed by atoms with Gasteiger partial charge >= 0.3 is 0 Å². The van der Waals surface area contributed by atoms with Gasteiger partial charge in [0.1, 0.15) is 0 Å². The first kappa shape index (κ1) is 10.6. The third kappa shape index (κ3) is 1.27. The van der Waals surface area contributed by atoms with E-state index in [9.17, 15) is 0 Å². The first-order valence-electron chi connectivity index (χ1n) is 5.58. The second kappa shape index (κ2) is 3.46. The van der Waals surface area contributed by atoms with Crippen LogP contribution in [-0.4, -0.2) is 13.1 Å². The van der Waals surface area contributed by atoms with Gasteiger partial charge in [-0.3, -0.25) is 0 Å². The van der Waals surface area contributed by atoms with Gasteiger partial charge < -0.3 is 5.32 Å². The molecule has 2 atom stereocenters. The van der Waals surface area contributed by atoms with Crippen LogP contribution < -0.4 is 5.32 Å². The van der Waals surface area contributed by atoms with E-state index in [1.165, 1.54) is 29.6 Å². The molecule has 1 saturated heterocycles. The highest BCUT2D eigenvalue weighted by Crippen LogP contribution is 2.58. The van der Waals surface area contributed by atoms with Gasteiger partial charge in [-0.1, -0.05) is 18.2 Å². The molecule has 0 radical (unpaired) electrons. The summed E-state index contributed by atoms with van der Waals surface area (Å²) in [5.74, 6) is 0.922. The smallest absolute Gasteiger partial charge is 0.0345 e. The molecule has 0 amide bonds. The molecular formula is C13H14ClNS. The van der Waals surface area contributed by atoms with Crippen LogP contribution in [0.5, 0.6) is 0 Å². The monoisotopic (exact) mass is 251 g/mol. The fourth-order valence-electron chi connectivity index (χ4n) is 2.95. The van der Waals surface area contributed by atoms with Crippen molar-refractivity contribution in [3.8, 4) is 0 Å². The van der Waals surface area contributed by atoms with Crippen molar-refractivity contribution in [3.05, 3.63) is 35.2 Å². The lowest BCUT2D eigenvalue weighted by Crippen LogP contribution is -2.18. The van der Waals surface area contributed by atoms with Gasteiger partial charge in [-0.15, -0.1) is 23.7 Å². The van der Waals surface area contributed by atoms with Crippen molar-refractivity contribution in [1.82, 2.24) is 5.32 Å². The van der Waals surface area contributed by atoms with E-state index in [2.05, 4.69) is 35.6 Å². The summed E-state index contributed by atoms with van der Waals surface area (Å²) >= 11 is 2.00. The summed E-state index contributed by atoms with van der Waals surface area (Å²) in [4.78, 5) is 1.61. The third-order valence-electron chi connectivity index (χ3n) is 3.98. The zero-order chi connectivity index (χ0) is 9.88. The number of halogens is 1. The molecule has 2 aromatic rings. The van der Waals surface area contributed by atoms with E-state index in [0.717, 1.165) is 5.92 Å². The van der Waals surface area contributed by atoms with Gasteiger partial charge in [-0.2, -0.15) is 0 Å². The molecule has 4 rings (SSSR count). The largest absolute Gasteiger partial charge is 0.315 e. The van der Waals surface area contributed by atoms with Crippen LogP contribution in [0.2, 0.25) is 0 Å². The Bertz CT molecular complexity index is 502. The molecule has 84 valence electrons. The Morgan fingerprint density at radius 3 is 2.88 bits per heavy atom. The molecule has 2 unspecified atom stereocenters. The van der Waals surface area contributed by atoms with Gasteiger partial charge in [0.05, 0.1) is 0 Å². The molecule has 1 N–H and O–H groups in total. The molecular weight excluding hydrogens is 238 g/mol. The highest BCUT2D eigenvalue weighted by atomic mass is 35.5. The molecule has 1 saturated carbocycles. The Morgan fingerprint density at radius 2 is 2.19 bits per heavy atom. The second-order valence-corrected chi connectivity index (χ2v) is 5.92. The van der Waals surface area contributed by atoms with Crippen molar-refractivity contribution in [1.29, 1.82) is 0 Å². The van der Waals surface area contributed by atoms with Gasteiger partial charge in [0.15, 0.2) is 0 Å². The minimum absolute atomic E-state index is 0. The first-order chi connectivity index (χ1) is 7.38. The van der Waals surface area contributed by atoms with E-state index >= 15 is 0 Å². The molecule has 1 aliphatic carbocycles. The van der Waals surface area contributed by atoms with Gasteiger partial charge in [-0.25, -0.2) is 0 Å². The summed E-state index contributed by atoms with van der Waals surface area (Å²) in [6, 6.07) is 11.1. The molecule has 16 heavy (non-hydrogen) atoms. The normalized spacial score (nSPS) is 31.1. The Hall–Kier alpha value is -0.570. The molecule has 2 fully saturated rings. The lowest BCUT2D eigenvalue weighted by atomic mass is 10.0. The van der Waals surface area contributed by atoms with E-state index in [4.69, 9.17) is 0 Å². The quantitative estimate of drug-likeness (QED) is 0.821. The number of hydrogen-bond acceptors (Lipinski definition) is 2. The lowest BCUT2D eigenvalue weighted by molar-refractivity contribution is 0.686. The maximum absolute atomic E-state index is 3.51. The minimum atomic E-state index is 0. The molecule has 1 aromatic heterocycles. The molecule has 1 aliphatic heterocycles. The van der Waals surface area contributed by atoms with E-state index in [0.29, 0.717) is 5.41 Å². The number of fused-ring (bicyclic) bond motifs is 2. The molecule has 0 spiro atoms. The highest BCUT2D eigenvalue weighted by molar-refractivity contribution is 7.19.